The van der Waals surface area contributed by atoms with Gasteiger partial charge in [0, 0.05) is 5.41 Å². The Morgan fingerprint density at radius 1 is 0.294 bits per heavy atom. The highest BCUT2D eigenvalue weighted by molar-refractivity contribution is 6.21. The fourth-order valence-electron chi connectivity index (χ4n) is 8.71. The Kier molecular flexibility index (Phi) is 6.63. The second-order valence-electron chi connectivity index (χ2n) is 14.5. The molecule has 51 heavy (non-hydrogen) atoms. The third kappa shape index (κ3) is 4.68. The highest BCUT2D eigenvalue weighted by Crippen LogP contribution is 2.50. The van der Waals surface area contributed by atoms with Gasteiger partial charge in [0.2, 0.25) is 0 Å². The molecule has 0 heterocycles. The van der Waals surface area contributed by atoms with Crippen molar-refractivity contribution in [3.63, 3.8) is 0 Å². The summed E-state index contributed by atoms with van der Waals surface area (Å²) >= 11 is 0. The third-order valence-corrected chi connectivity index (χ3v) is 11.2. The molecule has 240 valence electrons. The summed E-state index contributed by atoms with van der Waals surface area (Å²) in [5.74, 6) is 0. The molecule has 9 aromatic carbocycles. The molecule has 0 N–H and O–H groups in total. The molecule has 9 aromatic rings. The fraction of sp³-hybridized carbons (Fsp3) is 0.0588. The Labute approximate surface area is 299 Å². The summed E-state index contributed by atoms with van der Waals surface area (Å²) in [7, 11) is 0. The van der Waals surface area contributed by atoms with E-state index in [0.29, 0.717) is 0 Å². The monoisotopic (exact) mass is 648 g/mol. The van der Waals surface area contributed by atoms with Crippen molar-refractivity contribution in [3.05, 3.63) is 193 Å². The molecule has 0 saturated carbocycles. The molecule has 0 amide bonds. The molecule has 1 aliphatic rings. The first-order valence-electron chi connectivity index (χ1n) is 17.9. The highest BCUT2D eigenvalue weighted by Gasteiger charge is 2.35. The molecule has 0 heteroatoms. The summed E-state index contributed by atoms with van der Waals surface area (Å²) in [6, 6.07) is 67.4. The molecule has 0 radical (unpaired) electrons. The minimum atomic E-state index is -0.0245. The van der Waals surface area contributed by atoms with Crippen LogP contribution in [-0.2, 0) is 5.41 Å². The van der Waals surface area contributed by atoms with Crippen LogP contribution in [0.2, 0.25) is 0 Å². The number of hydrogen-bond donors (Lipinski definition) is 0. The predicted octanol–water partition coefficient (Wildman–Crippen LogP) is 14.1. The Balaban J connectivity index is 1.10. The molecule has 0 aliphatic heterocycles. The smallest absolute Gasteiger partial charge is 0.0159 e. The van der Waals surface area contributed by atoms with Crippen molar-refractivity contribution in [1.29, 1.82) is 0 Å². The predicted molar refractivity (Wildman–Crippen MR) is 218 cm³/mol. The Morgan fingerprint density at radius 3 is 1.39 bits per heavy atom. The number of fused-ring (bicyclic) bond motifs is 6. The number of hydrogen-bond acceptors (Lipinski definition) is 0. The van der Waals surface area contributed by atoms with Gasteiger partial charge in [-0.2, -0.15) is 0 Å². The molecule has 0 spiro atoms. The van der Waals surface area contributed by atoms with Crippen molar-refractivity contribution >= 4 is 32.3 Å². The molecule has 1 aliphatic carbocycles. The lowest BCUT2D eigenvalue weighted by Gasteiger charge is -2.22. The lowest BCUT2D eigenvalue weighted by molar-refractivity contribution is 0.660. The maximum absolute atomic E-state index is 2.42. The SMILES string of the molecule is CC1(C)c2ccccc2-c2ccc(-c3cccc(-c4cccc(-c5c6ccccc6c(-c6ccc7ccccc7c6)c6ccccc56)c4)c3)cc21. The van der Waals surface area contributed by atoms with Gasteiger partial charge < -0.3 is 0 Å². The summed E-state index contributed by atoms with van der Waals surface area (Å²) < 4.78 is 0. The number of rotatable bonds is 4. The van der Waals surface area contributed by atoms with Gasteiger partial charge in [0.1, 0.15) is 0 Å². The highest BCUT2D eigenvalue weighted by atomic mass is 14.4. The normalized spacial score (nSPS) is 13.1. The maximum atomic E-state index is 2.42. The molecule has 0 bridgehead atoms. The van der Waals surface area contributed by atoms with Crippen molar-refractivity contribution in [2.75, 3.05) is 0 Å². The number of benzene rings is 9. The van der Waals surface area contributed by atoms with E-state index in [4.69, 9.17) is 0 Å². The molecule has 10 rings (SSSR count). The first-order chi connectivity index (χ1) is 25.0. The standard InChI is InChI=1S/C51H36/c1-51(2)47-24-10-9-19-41(47)42-28-27-38(32-48(42)51)36-16-11-15-35(29-36)37-17-12-18-39(31-37)49-43-20-5-7-22-45(43)50(46-23-8-6-21-44(46)49)40-26-25-33-13-3-4-14-34(33)30-40/h3-32H,1-2H3. The fourth-order valence-corrected chi connectivity index (χ4v) is 8.71. The van der Waals surface area contributed by atoms with Crippen LogP contribution in [-0.4, -0.2) is 0 Å². The Morgan fingerprint density at radius 2 is 0.745 bits per heavy atom. The zero-order valence-corrected chi connectivity index (χ0v) is 28.8. The minimum absolute atomic E-state index is 0.0245. The van der Waals surface area contributed by atoms with Crippen molar-refractivity contribution in [2.45, 2.75) is 19.3 Å². The van der Waals surface area contributed by atoms with Crippen molar-refractivity contribution in [1.82, 2.24) is 0 Å². The summed E-state index contributed by atoms with van der Waals surface area (Å²) in [5, 5.41) is 7.61. The van der Waals surface area contributed by atoms with Gasteiger partial charge in [-0.05, 0) is 123 Å². The molecule has 0 nitrogen and oxygen atoms in total. The van der Waals surface area contributed by atoms with Gasteiger partial charge in [0.15, 0.2) is 0 Å². The van der Waals surface area contributed by atoms with E-state index in [-0.39, 0.29) is 5.41 Å². The molecule has 0 unspecified atom stereocenters. The van der Waals surface area contributed by atoms with Gasteiger partial charge in [-0.1, -0.05) is 172 Å². The van der Waals surface area contributed by atoms with Crippen LogP contribution in [0.15, 0.2) is 182 Å². The zero-order valence-electron chi connectivity index (χ0n) is 28.8. The van der Waals surface area contributed by atoms with Crippen molar-refractivity contribution in [2.24, 2.45) is 0 Å². The van der Waals surface area contributed by atoms with Gasteiger partial charge in [0.25, 0.3) is 0 Å². The van der Waals surface area contributed by atoms with E-state index in [1.165, 1.54) is 99.1 Å². The van der Waals surface area contributed by atoms with Crippen LogP contribution in [0, 0.1) is 0 Å². The van der Waals surface area contributed by atoms with E-state index in [1.54, 1.807) is 0 Å². The van der Waals surface area contributed by atoms with E-state index < -0.39 is 0 Å². The van der Waals surface area contributed by atoms with Crippen LogP contribution in [0.1, 0.15) is 25.0 Å². The largest absolute Gasteiger partial charge is 0.0619 e. The van der Waals surface area contributed by atoms with E-state index in [9.17, 15) is 0 Å². The van der Waals surface area contributed by atoms with Gasteiger partial charge >= 0.3 is 0 Å². The molecular formula is C51H36. The first-order valence-corrected chi connectivity index (χ1v) is 17.9. The van der Waals surface area contributed by atoms with Crippen molar-refractivity contribution < 1.29 is 0 Å². The van der Waals surface area contributed by atoms with Gasteiger partial charge in [-0.15, -0.1) is 0 Å². The van der Waals surface area contributed by atoms with Crippen LogP contribution < -0.4 is 0 Å². The van der Waals surface area contributed by atoms with Gasteiger partial charge in [0.05, 0.1) is 0 Å². The Hall–Kier alpha value is -6.24. The van der Waals surface area contributed by atoms with Crippen LogP contribution in [0.5, 0.6) is 0 Å². The minimum Gasteiger partial charge on any atom is -0.0619 e. The first kappa shape index (κ1) is 29.7. The average Bonchev–Trinajstić information content (AvgIpc) is 3.42. The topological polar surface area (TPSA) is 0 Å². The van der Waals surface area contributed by atoms with Crippen LogP contribution in [0.25, 0.3) is 88.0 Å². The van der Waals surface area contributed by atoms with Gasteiger partial charge in [-0.3, -0.25) is 0 Å². The zero-order chi connectivity index (χ0) is 34.1. The Bertz CT molecular complexity index is 2770. The quantitative estimate of drug-likeness (QED) is 0.167. The van der Waals surface area contributed by atoms with Crippen LogP contribution in [0.4, 0.5) is 0 Å². The van der Waals surface area contributed by atoms with E-state index in [1.807, 2.05) is 0 Å². The maximum Gasteiger partial charge on any atom is 0.0159 e. The summed E-state index contributed by atoms with van der Waals surface area (Å²) in [5.41, 5.74) is 15.5. The average molecular weight is 649 g/mol. The molecular weight excluding hydrogens is 613 g/mol. The van der Waals surface area contributed by atoms with Crippen LogP contribution >= 0.6 is 0 Å². The lowest BCUT2D eigenvalue weighted by Crippen LogP contribution is -2.14. The summed E-state index contributed by atoms with van der Waals surface area (Å²) in [6.45, 7) is 4.70. The molecule has 0 aromatic heterocycles. The molecule has 0 atom stereocenters. The van der Waals surface area contributed by atoms with Gasteiger partial charge in [-0.25, -0.2) is 0 Å². The second kappa shape index (κ2) is 11.4. The molecule has 0 saturated heterocycles. The lowest BCUT2D eigenvalue weighted by atomic mass is 9.81. The van der Waals surface area contributed by atoms with Crippen molar-refractivity contribution in [3.8, 4) is 55.6 Å². The van der Waals surface area contributed by atoms with Crippen LogP contribution in [0.3, 0.4) is 0 Å². The summed E-state index contributed by atoms with van der Waals surface area (Å²) in [6.07, 6.45) is 0. The molecule has 0 fully saturated rings. The van der Waals surface area contributed by atoms with E-state index in [2.05, 4.69) is 196 Å². The summed E-state index contributed by atoms with van der Waals surface area (Å²) in [4.78, 5) is 0. The van der Waals surface area contributed by atoms with E-state index >= 15 is 0 Å². The third-order valence-electron chi connectivity index (χ3n) is 11.2. The van der Waals surface area contributed by atoms with E-state index in [0.717, 1.165) is 0 Å². The second-order valence-corrected chi connectivity index (χ2v) is 14.5.